The lowest BCUT2D eigenvalue weighted by Crippen LogP contribution is -2.37. The fourth-order valence-corrected chi connectivity index (χ4v) is 2.57. The van der Waals surface area contributed by atoms with E-state index in [1.165, 1.54) is 0 Å². The zero-order valence-corrected chi connectivity index (χ0v) is 13.6. The van der Waals surface area contributed by atoms with Gasteiger partial charge in [0.1, 0.15) is 5.75 Å². The number of ether oxygens (including phenoxy) is 1. The Morgan fingerprint density at radius 3 is 2.67 bits per heavy atom. The second-order valence-electron chi connectivity index (χ2n) is 5.53. The zero-order chi connectivity index (χ0) is 16.8. The van der Waals surface area contributed by atoms with E-state index < -0.39 is 6.10 Å². The van der Waals surface area contributed by atoms with E-state index in [2.05, 4.69) is 10.3 Å². The lowest BCUT2D eigenvalue weighted by Gasteiger charge is -2.18. The van der Waals surface area contributed by atoms with Gasteiger partial charge in [0.25, 0.3) is 5.91 Å². The van der Waals surface area contributed by atoms with Gasteiger partial charge in [0.2, 0.25) is 0 Å². The van der Waals surface area contributed by atoms with Crippen LogP contribution < -0.4 is 10.1 Å². The molecule has 0 aliphatic carbocycles. The molecule has 0 bridgehead atoms. The second-order valence-corrected chi connectivity index (χ2v) is 5.53. The zero-order valence-electron chi connectivity index (χ0n) is 13.6. The van der Waals surface area contributed by atoms with Crippen molar-refractivity contribution >= 4 is 16.7 Å². The quantitative estimate of drug-likeness (QED) is 0.753. The van der Waals surface area contributed by atoms with E-state index in [0.717, 1.165) is 22.2 Å². The molecule has 0 saturated heterocycles. The maximum Gasteiger partial charge on any atom is 0.261 e. The van der Waals surface area contributed by atoms with Gasteiger partial charge < -0.3 is 10.1 Å². The first-order valence-corrected chi connectivity index (χ1v) is 8.10. The van der Waals surface area contributed by atoms with Crippen molar-refractivity contribution < 1.29 is 9.53 Å². The van der Waals surface area contributed by atoms with E-state index >= 15 is 0 Å². The highest BCUT2D eigenvalue weighted by Gasteiger charge is 2.19. The van der Waals surface area contributed by atoms with E-state index in [0.29, 0.717) is 13.0 Å². The minimum absolute atomic E-state index is 0.129. The fourth-order valence-electron chi connectivity index (χ4n) is 2.57. The average molecular weight is 320 g/mol. The van der Waals surface area contributed by atoms with Crippen LogP contribution in [0.5, 0.6) is 5.75 Å². The van der Waals surface area contributed by atoms with Gasteiger partial charge in [-0.15, -0.1) is 0 Å². The number of hydrogen-bond acceptors (Lipinski definition) is 3. The van der Waals surface area contributed by atoms with Crippen LogP contribution in [0.4, 0.5) is 0 Å². The van der Waals surface area contributed by atoms with Crippen molar-refractivity contribution in [2.24, 2.45) is 0 Å². The van der Waals surface area contributed by atoms with Crippen LogP contribution in [0.2, 0.25) is 0 Å². The molecule has 0 aliphatic rings. The Hall–Kier alpha value is -2.88. The summed E-state index contributed by atoms with van der Waals surface area (Å²) in [6.07, 6.45) is 1.78. The van der Waals surface area contributed by atoms with E-state index in [4.69, 9.17) is 4.74 Å². The highest BCUT2D eigenvalue weighted by atomic mass is 16.5. The predicted molar refractivity (Wildman–Crippen MR) is 94.7 cm³/mol. The first-order valence-electron chi connectivity index (χ1n) is 8.10. The normalized spacial score (nSPS) is 11.9. The molecule has 1 amide bonds. The topological polar surface area (TPSA) is 51.2 Å². The molecule has 0 fully saturated rings. The molecule has 0 unspecified atom stereocenters. The van der Waals surface area contributed by atoms with Crippen molar-refractivity contribution in [2.45, 2.75) is 26.0 Å². The number of benzene rings is 2. The summed E-state index contributed by atoms with van der Waals surface area (Å²) in [6, 6.07) is 19.5. The molecule has 4 heteroatoms. The molecular weight excluding hydrogens is 300 g/mol. The summed E-state index contributed by atoms with van der Waals surface area (Å²) in [4.78, 5) is 16.6. The highest BCUT2D eigenvalue weighted by Crippen LogP contribution is 2.26. The predicted octanol–water partition coefficient (Wildman–Crippen LogP) is 3.71. The number of amides is 1. The summed E-state index contributed by atoms with van der Waals surface area (Å²) >= 11 is 0. The van der Waals surface area contributed by atoms with Gasteiger partial charge in [-0.2, -0.15) is 0 Å². The Bertz CT molecular complexity index is 813. The van der Waals surface area contributed by atoms with Crippen molar-refractivity contribution in [1.29, 1.82) is 0 Å². The number of fused-ring (bicyclic) bond motifs is 1. The van der Waals surface area contributed by atoms with Gasteiger partial charge >= 0.3 is 0 Å². The number of carbonyl (C=O) groups is 1. The average Bonchev–Trinajstić information content (AvgIpc) is 2.65. The number of hydrogen-bond donors (Lipinski definition) is 1. The molecule has 122 valence electrons. The molecule has 0 aliphatic heterocycles. The van der Waals surface area contributed by atoms with E-state index in [9.17, 15) is 4.79 Å². The number of nitrogens with one attached hydrogen (secondary N) is 1. The van der Waals surface area contributed by atoms with Crippen LogP contribution >= 0.6 is 0 Å². The van der Waals surface area contributed by atoms with Crippen molar-refractivity contribution in [1.82, 2.24) is 10.3 Å². The van der Waals surface area contributed by atoms with Crippen LogP contribution in [0.15, 0.2) is 66.9 Å². The summed E-state index contributed by atoms with van der Waals surface area (Å²) < 4.78 is 5.99. The molecule has 3 aromatic rings. The Morgan fingerprint density at radius 1 is 1.08 bits per heavy atom. The number of carbonyl (C=O) groups excluding carboxylic acids is 1. The first kappa shape index (κ1) is 16.0. The number of nitrogens with zero attached hydrogens (tertiary/aromatic N) is 1. The molecular formula is C20H20N2O2. The van der Waals surface area contributed by atoms with Crippen molar-refractivity contribution in [2.75, 3.05) is 0 Å². The maximum absolute atomic E-state index is 12.4. The summed E-state index contributed by atoms with van der Waals surface area (Å²) in [6.45, 7) is 2.34. The molecule has 1 N–H and O–H groups in total. The molecule has 1 atom stereocenters. The number of pyridine rings is 1. The van der Waals surface area contributed by atoms with Gasteiger partial charge in [0.05, 0.1) is 12.2 Å². The van der Waals surface area contributed by atoms with Gasteiger partial charge in [0.15, 0.2) is 6.10 Å². The van der Waals surface area contributed by atoms with Crippen molar-refractivity contribution in [3.05, 3.63) is 72.6 Å². The third kappa shape index (κ3) is 3.71. The van der Waals surface area contributed by atoms with E-state index in [-0.39, 0.29) is 5.91 Å². The van der Waals surface area contributed by atoms with Gasteiger partial charge in [-0.3, -0.25) is 9.78 Å². The van der Waals surface area contributed by atoms with Gasteiger partial charge in [-0.05, 0) is 30.0 Å². The van der Waals surface area contributed by atoms with Gasteiger partial charge in [0, 0.05) is 11.6 Å². The lowest BCUT2D eigenvalue weighted by molar-refractivity contribution is -0.128. The number of rotatable bonds is 6. The minimum atomic E-state index is -0.528. The summed E-state index contributed by atoms with van der Waals surface area (Å²) in [5.74, 6) is 0.601. The number of aromatic nitrogens is 1. The second kappa shape index (κ2) is 7.59. The van der Waals surface area contributed by atoms with Crippen LogP contribution in [0.3, 0.4) is 0 Å². The van der Waals surface area contributed by atoms with Crippen LogP contribution in [-0.4, -0.2) is 17.0 Å². The summed E-state index contributed by atoms with van der Waals surface area (Å²) in [5.41, 5.74) is 0.825. The Morgan fingerprint density at radius 2 is 1.88 bits per heavy atom. The minimum Gasteiger partial charge on any atom is -0.480 e. The Balaban J connectivity index is 1.70. The van der Waals surface area contributed by atoms with E-state index in [1.54, 1.807) is 6.20 Å². The third-order valence-electron chi connectivity index (χ3n) is 3.85. The van der Waals surface area contributed by atoms with Crippen LogP contribution in [0.1, 0.15) is 19.0 Å². The molecule has 4 nitrogen and oxygen atoms in total. The van der Waals surface area contributed by atoms with E-state index in [1.807, 2.05) is 67.6 Å². The largest absolute Gasteiger partial charge is 0.480 e. The smallest absolute Gasteiger partial charge is 0.261 e. The molecule has 24 heavy (non-hydrogen) atoms. The van der Waals surface area contributed by atoms with Crippen LogP contribution in [0.25, 0.3) is 10.8 Å². The molecule has 3 rings (SSSR count). The monoisotopic (exact) mass is 320 g/mol. The first-order chi connectivity index (χ1) is 11.8. The maximum atomic E-state index is 12.4. The highest BCUT2D eigenvalue weighted by molar-refractivity contribution is 5.89. The Labute approximate surface area is 141 Å². The third-order valence-corrected chi connectivity index (χ3v) is 3.85. The SMILES string of the molecule is CC[C@H](Oc1cccc2ccccc12)C(=O)NCc1ccccn1. The van der Waals surface area contributed by atoms with Gasteiger partial charge in [-0.1, -0.05) is 49.4 Å². The lowest BCUT2D eigenvalue weighted by atomic mass is 10.1. The van der Waals surface area contributed by atoms with Crippen LogP contribution in [-0.2, 0) is 11.3 Å². The van der Waals surface area contributed by atoms with Crippen LogP contribution in [0, 0.1) is 0 Å². The standard InChI is InChI=1S/C20H20N2O2/c1-2-18(20(23)22-14-16-10-5-6-13-21-16)24-19-12-7-9-15-8-3-4-11-17(15)19/h3-13,18H,2,14H2,1H3,(H,22,23)/t18-/m0/s1. The molecule has 0 saturated carbocycles. The fraction of sp³-hybridized carbons (Fsp3) is 0.200. The summed E-state index contributed by atoms with van der Waals surface area (Å²) in [7, 11) is 0. The van der Waals surface area contributed by atoms with Gasteiger partial charge in [-0.25, -0.2) is 0 Å². The molecule has 0 radical (unpaired) electrons. The van der Waals surface area contributed by atoms with Crippen molar-refractivity contribution in [3.63, 3.8) is 0 Å². The summed E-state index contributed by atoms with van der Waals surface area (Å²) in [5, 5.41) is 5.00. The van der Waals surface area contributed by atoms with Crippen molar-refractivity contribution in [3.8, 4) is 5.75 Å². The molecule has 1 aromatic heterocycles. The molecule has 1 heterocycles. The Kier molecular flexibility index (Phi) is 5.06. The molecule has 2 aromatic carbocycles. The molecule has 0 spiro atoms.